The Morgan fingerprint density at radius 1 is 1.28 bits per heavy atom. The molecule has 8 nitrogen and oxygen atoms in total. The first-order valence-electron chi connectivity index (χ1n) is 9.48. The van der Waals surface area contributed by atoms with E-state index in [2.05, 4.69) is 16.0 Å². The van der Waals surface area contributed by atoms with Crippen LogP contribution >= 0.6 is 0 Å². The number of β-amino-alcohol motifs (C(OH)–C–C–N with tert-alkyl or cyclic N) is 1. The monoisotopic (exact) mass is 408 g/mol. The standard InChI is InChI=1S/C19H22F2N4O4/c20-19(21,18(29)8-23-9-18)10-22-6-11-1-2-13-12(5-11)7-25(17(13)28)14-3-4-15(26)24-16(14)27/h1-2,5,14,22-23,29H,3-4,6-10H2,(H,24,26,27). The molecule has 0 bridgehead atoms. The number of aliphatic hydroxyl groups is 1. The molecule has 3 amide bonds. The summed E-state index contributed by atoms with van der Waals surface area (Å²) in [5.74, 6) is -4.36. The van der Waals surface area contributed by atoms with Crippen LogP contribution < -0.4 is 16.0 Å². The molecule has 4 rings (SSSR count). The lowest BCUT2D eigenvalue weighted by Crippen LogP contribution is -2.71. The van der Waals surface area contributed by atoms with Crippen molar-refractivity contribution < 1.29 is 28.3 Å². The van der Waals surface area contributed by atoms with Gasteiger partial charge in [0.05, 0.1) is 6.54 Å². The van der Waals surface area contributed by atoms with Gasteiger partial charge in [-0.3, -0.25) is 19.7 Å². The SMILES string of the molecule is O=C1CCC(N2Cc3cc(CNCC(F)(F)C4(O)CNC4)ccc3C2=O)C(=O)N1. The molecule has 0 spiro atoms. The molecule has 156 valence electrons. The van der Waals surface area contributed by atoms with Crippen molar-refractivity contribution in [3.8, 4) is 0 Å². The van der Waals surface area contributed by atoms with E-state index in [1.54, 1.807) is 18.2 Å². The molecule has 0 radical (unpaired) electrons. The summed E-state index contributed by atoms with van der Waals surface area (Å²) in [5.41, 5.74) is -0.116. The first-order valence-corrected chi connectivity index (χ1v) is 9.48. The molecule has 29 heavy (non-hydrogen) atoms. The minimum atomic E-state index is -3.26. The first kappa shape index (κ1) is 19.9. The summed E-state index contributed by atoms with van der Waals surface area (Å²) in [6, 6.07) is 4.37. The molecule has 4 N–H and O–H groups in total. The number of benzene rings is 1. The molecule has 2 fully saturated rings. The van der Waals surface area contributed by atoms with Crippen LogP contribution in [-0.2, 0) is 22.7 Å². The van der Waals surface area contributed by atoms with E-state index in [-0.39, 0.29) is 50.8 Å². The second-order valence-corrected chi connectivity index (χ2v) is 7.83. The summed E-state index contributed by atoms with van der Waals surface area (Å²) in [7, 11) is 0. The molecule has 2 saturated heterocycles. The van der Waals surface area contributed by atoms with E-state index in [1.807, 2.05) is 0 Å². The zero-order valence-electron chi connectivity index (χ0n) is 15.6. The molecule has 3 heterocycles. The van der Waals surface area contributed by atoms with Gasteiger partial charge in [0.25, 0.3) is 11.8 Å². The van der Waals surface area contributed by atoms with Gasteiger partial charge >= 0.3 is 0 Å². The highest BCUT2D eigenvalue weighted by Gasteiger charge is 2.56. The third kappa shape index (κ3) is 3.52. The van der Waals surface area contributed by atoms with Crippen LogP contribution in [0, 0.1) is 0 Å². The third-order valence-electron chi connectivity index (χ3n) is 5.78. The number of nitrogens with zero attached hydrogens (tertiary/aromatic N) is 1. The fourth-order valence-corrected chi connectivity index (χ4v) is 3.89. The average molecular weight is 408 g/mol. The molecule has 3 aliphatic rings. The number of hydrogen-bond acceptors (Lipinski definition) is 6. The van der Waals surface area contributed by atoms with Gasteiger partial charge in [0.2, 0.25) is 11.8 Å². The summed E-state index contributed by atoms with van der Waals surface area (Å²) in [4.78, 5) is 37.5. The van der Waals surface area contributed by atoms with Crippen LogP contribution in [0.2, 0.25) is 0 Å². The summed E-state index contributed by atoms with van der Waals surface area (Å²) < 4.78 is 28.2. The maximum Gasteiger partial charge on any atom is 0.290 e. The van der Waals surface area contributed by atoms with Crippen LogP contribution in [0.25, 0.3) is 0 Å². The molecule has 10 heteroatoms. The number of alkyl halides is 2. The van der Waals surface area contributed by atoms with E-state index in [0.717, 1.165) is 5.56 Å². The van der Waals surface area contributed by atoms with Crippen LogP contribution in [0.3, 0.4) is 0 Å². The fourth-order valence-electron chi connectivity index (χ4n) is 3.89. The van der Waals surface area contributed by atoms with E-state index < -0.39 is 30.0 Å². The Morgan fingerprint density at radius 3 is 2.69 bits per heavy atom. The van der Waals surface area contributed by atoms with Crippen LogP contribution in [0.5, 0.6) is 0 Å². The Kier molecular flexibility index (Phi) is 4.88. The maximum absolute atomic E-state index is 14.1. The molecular weight excluding hydrogens is 386 g/mol. The van der Waals surface area contributed by atoms with E-state index >= 15 is 0 Å². The highest BCUT2D eigenvalue weighted by atomic mass is 19.3. The van der Waals surface area contributed by atoms with E-state index in [4.69, 9.17) is 0 Å². The summed E-state index contributed by atoms with van der Waals surface area (Å²) in [6.07, 6.45) is 0.466. The first-order chi connectivity index (χ1) is 13.7. The predicted octanol–water partition coefficient (Wildman–Crippen LogP) is -0.493. The lowest BCUT2D eigenvalue weighted by Gasteiger charge is -2.43. The van der Waals surface area contributed by atoms with Crippen LogP contribution in [0.15, 0.2) is 18.2 Å². The summed E-state index contributed by atoms with van der Waals surface area (Å²) >= 11 is 0. The Bertz CT molecular complexity index is 872. The highest BCUT2D eigenvalue weighted by Crippen LogP contribution is 2.32. The van der Waals surface area contributed by atoms with Crippen molar-refractivity contribution in [2.45, 2.75) is 43.5 Å². The van der Waals surface area contributed by atoms with Crippen molar-refractivity contribution in [2.75, 3.05) is 19.6 Å². The topological polar surface area (TPSA) is 111 Å². The van der Waals surface area contributed by atoms with Crippen molar-refractivity contribution in [3.63, 3.8) is 0 Å². The van der Waals surface area contributed by atoms with E-state index in [0.29, 0.717) is 11.1 Å². The Morgan fingerprint density at radius 2 is 2.03 bits per heavy atom. The normalized spacial score (nSPS) is 23.6. The van der Waals surface area contributed by atoms with Gasteiger partial charge in [0.15, 0.2) is 5.60 Å². The van der Waals surface area contributed by atoms with Gasteiger partial charge in [-0.1, -0.05) is 12.1 Å². The van der Waals surface area contributed by atoms with Gasteiger partial charge in [0, 0.05) is 38.2 Å². The van der Waals surface area contributed by atoms with Crippen molar-refractivity contribution in [1.29, 1.82) is 0 Å². The second-order valence-electron chi connectivity index (χ2n) is 7.83. The number of rotatable bonds is 6. The predicted molar refractivity (Wildman–Crippen MR) is 97.0 cm³/mol. The van der Waals surface area contributed by atoms with Gasteiger partial charge in [-0.25, -0.2) is 8.78 Å². The third-order valence-corrected chi connectivity index (χ3v) is 5.78. The quantitative estimate of drug-likeness (QED) is 0.473. The van der Waals surface area contributed by atoms with E-state index in [1.165, 1.54) is 4.90 Å². The number of halogens is 2. The number of hydrogen-bond donors (Lipinski definition) is 4. The zero-order valence-corrected chi connectivity index (χ0v) is 15.6. The number of amides is 3. The molecule has 0 aliphatic carbocycles. The number of imide groups is 1. The van der Waals surface area contributed by atoms with Crippen molar-refractivity contribution in [2.24, 2.45) is 0 Å². The fraction of sp³-hybridized carbons (Fsp3) is 0.526. The molecule has 0 saturated carbocycles. The van der Waals surface area contributed by atoms with Crippen LogP contribution in [-0.4, -0.2) is 64.9 Å². The maximum atomic E-state index is 14.1. The van der Waals surface area contributed by atoms with Crippen molar-refractivity contribution in [1.82, 2.24) is 20.9 Å². The van der Waals surface area contributed by atoms with Crippen LogP contribution in [0.4, 0.5) is 8.78 Å². The lowest BCUT2D eigenvalue weighted by atomic mass is 9.89. The molecule has 1 aromatic rings. The van der Waals surface area contributed by atoms with Crippen LogP contribution in [0.1, 0.15) is 34.3 Å². The van der Waals surface area contributed by atoms with Gasteiger partial charge in [-0.05, 0) is 23.6 Å². The minimum Gasteiger partial charge on any atom is -0.381 e. The second kappa shape index (κ2) is 7.12. The smallest absolute Gasteiger partial charge is 0.290 e. The van der Waals surface area contributed by atoms with Gasteiger partial charge in [0.1, 0.15) is 6.04 Å². The number of carbonyl (C=O) groups excluding carboxylic acids is 3. The number of fused-ring (bicyclic) bond motifs is 1. The Balaban J connectivity index is 1.39. The summed E-state index contributed by atoms with van der Waals surface area (Å²) in [5, 5.41) is 17.4. The zero-order chi connectivity index (χ0) is 20.8. The van der Waals surface area contributed by atoms with Crippen molar-refractivity contribution in [3.05, 3.63) is 34.9 Å². The molecular formula is C19H22F2N4O4. The Hall–Kier alpha value is -2.43. The minimum absolute atomic E-state index is 0.140. The van der Waals surface area contributed by atoms with Crippen molar-refractivity contribution >= 4 is 17.7 Å². The number of carbonyl (C=O) groups is 3. The van der Waals surface area contributed by atoms with Gasteiger partial charge in [-0.2, -0.15) is 0 Å². The average Bonchev–Trinajstić information content (AvgIpc) is 2.95. The molecule has 0 aromatic heterocycles. The Labute approximate surface area is 165 Å². The van der Waals surface area contributed by atoms with E-state index in [9.17, 15) is 28.3 Å². The molecule has 3 aliphatic heterocycles. The summed E-state index contributed by atoms with van der Waals surface area (Å²) in [6.45, 7) is -0.559. The number of piperidine rings is 1. The van der Waals surface area contributed by atoms with Gasteiger partial charge in [-0.15, -0.1) is 0 Å². The largest absolute Gasteiger partial charge is 0.381 e. The molecule has 1 unspecified atom stereocenters. The highest BCUT2D eigenvalue weighted by molar-refractivity contribution is 6.05. The lowest BCUT2D eigenvalue weighted by molar-refractivity contribution is -0.199. The van der Waals surface area contributed by atoms with Gasteiger partial charge < -0.3 is 20.6 Å². The molecule has 1 aromatic carbocycles. The number of nitrogens with one attached hydrogen (secondary N) is 3. The molecule has 1 atom stereocenters.